The fourth-order valence-electron chi connectivity index (χ4n) is 1.71. The van der Waals surface area contributed by atoms with Gasteiger partial charge in [0.15, 0.2) is 0 Å². The standard InChI is InChI=1S/C15H15ClN2O2/c1-2-20-14-4-3-11(9-13(14)16)10-18-15(19)12-5-7-17-8-6-12/h3-9H,2,10H2,1H3,(H,18,19). The highest BCUT2D eigenvalue weighted by atomic mass is 35.5. The van der Waals surface area contributed by atoms with E-state index < -0.39 is 0 Å². The van der Waals surface area contributed by atoms with E-state index in [1.807, 2.05) is 13.0 Å². The van der Waals surface area contributed by atoms with Gasteiger partial charge in [-0.2, -0.15) is 0 Å². The van der Waals surface area contributed by atoms with Crippen LogP contribution in [0.4, 0.5) is 0 Å². The van der Waals surface area contributed by atoms with E-state index in [1.54, 1.807) is 36.7 Å². The first-order chi connectivity index (χ1) is 9.70. The summed E-state index contributed by atoms with van der Waals surface area (Å²) in [6.07, 6.45) is 3.17. The van der Waals surface area contributed by atoms with Crippen LogP contribution in [0.15, 0.2) is 42.7 Å². The number of hydrogen-bond acceptors (Lipinski definition) is 3. The molecule has 1 heterocycles. The summed E-state index contributed by atoms with van der Waals surface area (Å²) in [5.74, 6) is 0.510. The summed E-state index contributed by atoms with van der Waals surface area (Å²) in [6.45, 7) is 2.88. The third-order valence-corrected chi connectivity index (χ3v) is 2.99. The molecule has 1 aromatic carbocycles. The first-order valence-electron chi connectivity index (χ1n) is 6.30. The number of benzene rings is 1. The lowest BCUT2D eigenvalue weighted by Crippen LogP contribution is -2.22. The van der Waals surface area contributed by atoms with E-state index in [-0.39, 0.29) is 5.91 Å². The van der Waals surface area contributed by atoms with Crippen molar-refractivity contribution in [3.05, 3.63) is 58.9 Å². The highest BCUT2D eigenvalue weighted by Gasteiger charge is 2.06. The fourth-order valence-corrected chi connectivity index (χ4v) is 1.97. The fraction of sp³-hybridized carbons (Fsp3) is 0.200. The van der Waals surface area contributed by atoms with Crippen LogP contribution >= 0.6 is 11.6 Å². The number of ether oxygens (including phenoxy) is 1. The molecule has 0 aliphatic carbocycles. The maximum Gasteiger partial charge on any atom is 0.251 e. The number of nitrogens with one attached hydrogen (secondary N) is 1. The smallest absolute Gasteiger partial charge is 0.251 e. The van der Waals surface area contributed by atoms with Crippen molar-refractivity contribution in [3.63, 3.8) is 0 Å². The van der Waals surface area contributed by atoms with Crippen molar-refractivity contribution in [2.24, 2.45) is 0 Å². The lowest BCUT2D eigenvalue weighted by atomic mass is 10.2. The normalized spacial score (nSPS) is 10.1. The van der Waals surface area contributed by atoms with Crippen LogP contribution in [-0.4, -0.2) is 17.5 Å². The van der Waals surface area contributed by atoms with Gasteiger partial charge < -0.3 is 10.1 Å². The van der Waals surface area contributed by atoms with Gasteiger partial charge in [0.25, 0.3) is 5.91 Å². The van der Waals surface area contributed by atoms with Gasteiger partial charge >= 0.3 is 0 Å². The van der Waals surface area contributed by atoms with Crippen LogP contribution in [0.3, 0.4) is 0 Å². The minimum Gasteiger partial charge on any atom is -0.492 e. The first kappa shape index (κ1) is 14.3. The molecule has 0 unspecified atom stereocenters. The molecule has 1 N–H and O–H groups in total. The number of nitrogens with zero attached hydrogens (tertiary/aromatic N) is 1. The van der Waals surface area contributed by atoms with Crippen molar-refractivity contribution in [1.82, 2.24) is 10.3 Å². The molecule has 20 heavy (non-hydrogen) atoms. The number of carbonyl (C=O) groups is 1. The zero-order chi connectivity index (χ0) is 14.4. The molecule has 5 heteroatoms. The Balaban J connectivity index is 1.97. The predicted molar refractivity (Wildman–Crippen MR) is 78.0 cm³/mol. The maximum absolute atomic E-state index is 11.9. The topological polar surface area (TPSA) is 51.2 Å². The van der Waals surface area contributed by atoms with Gasteiger partial charge in [-0.05, 0) is 36.8 Å². The van der Waals surface area contributed by atoms with Crippen molar-refractivity contribution in [1.29, 1.82) is 0 Å². The van der Waals surface area contributed by atoms with Gasteiger partial charge in [0, 0.05) is 24.5 Å². The molecule has 0 aliphatic heterocycles. The Morgan fingerprint density at radius 2 is 2.05 bits per heavy atom. The molecule has 2 rings (SSSR count). The monoisotopic (exact) mass is 290 g/mol. The molecule has 0 atom stereocenters. The molecule has 1 aromatic heterocycles. The quantitative estimate of drug-likeness (QED) is 0.921. The van der Waals surface area contributed by atoms with Crippen LogP contribution in [0.2, 0.25) is 5.02 Å². The molecule has 0 radical (unpaired) electrons. The summed E-state index contributed by atoms with van der Waals surface area (Å²) in [5, 5.41) is 3.37. The molecule has 0 fully saturated rings. The van der Waals surface area contributed by atoms with Crippen LogP contribution in [0.5, 0.6) is 5.75 Å². The minimum atomic E-state index is -0.141. The third kappa shape index (κ3) is 3.71. The number of rotatable bonds is 5. The SMILES string of the molecule is CCOc1ccc(CNC(=O)c2ccncc2)cc1Cl. The molecule has 0 spiro atoms. The third-order valence-electron chi connectivity index (χ3n) is 2.69. The molecule has 0 bridgehead atoms. The summed E-state index contributed by atoms with van der Waals surface area (Å²) in [7, 11) is 0. The number of halogens is 1. The average Bonchev–Trinajstić information content (AvgIpc) is 2.48. The van der Waals surface area contributed by atoms with Gasteiger partial charge in [-0.25, -0.2) is 0 Å². The molecular weight excluding hydrogens is 276 g/mol. The second kappa shape index (κ2) is 6.91. The Morgan fingerprint density at radius 3 is 2.70 bits per heavy atom. The second-order valence-electron chi connectivity index (χ2n) is 4.12. The Bertz CT molecular complexity index is 588. The van der Waals surface area contributed by atoms with Crippen LogP contribution < -0.4 is 10.1 Å². The summed E-state index contributed by atoms with van der Waals surface area (Å²) >= 11 is 6.09. The van der Waals surface area contributed by atoms with Crippen molar-refractivity contribution in [2.75, 3.05) is 6.61 Å². The largest absolute Gasteiger partial charge is 0.492 e. The van der Waals surface area contributed by atoms with Crippen molar-refractivity contribution >= 4 is 17.5 Å². The van der Waals surface area contributed by atoms with Crippen molar-refractivity contribution in [3.8, 4) is 5.75 Å². The van der Waals surface area contributed by atoms with Crippen LogP contribution in [0.25, 0.3) is 0 Å². The number of amides is 1. The van der Waals surface area contributed by atoms with E-state index >= 15 is 0 Å². The van der Waals surface area contributed by atoms with E-state index in [1.165, 1.54) is 0 Å². The Kier molecular flexibility index (Phi) is 4.96. The molecular formula is C15H15ClN2O2. The summed E-state index contributed by atoms with van der Waals surface area (Å²) in [5.41, 5.74) is 1.50. The van der Waals surface area contributed by atoms with Gasteiger partial charge in [-0.15, -0.1) is 0 Å². The average molecular weight is 291 g/mol. The van der Waals surface area contributed by atoms with Crippen LogP contribution in [-0.2, 0) is 6.54 Å². The van der Waals surface area contributed by atoms with E-state index in [4.69, 9.17) is 16.3 Å². The zero-order valence-corrected chi connectivity index (χ0v) is 11.9. The van der Waals surface area contributed by atoms with Gasteiger partial charge in [0.1, 0.15) is 5.75 Å². The number of pyridine rings is 1. The Hall–Kier alpha value is -2.07. The summed E-state index contributed by atoms with van der Waals surface area (Å²) < 4.78 is 5.36. The van der Waals surface area contributed by atoms with Gasteiger partial charge in [0.2, 0.25) is 0 Å². The highest BCUT2D eigenvalue weighted by molar-refractivity contribution is 6.32. The van der Waals surface area contributed by atoms with E-state index in [2.05, 4.69) is 10.3 Å². The summed E-state index contributed by atoms with van der Waals surface area (Å²) in [6, 6.07) is 8.81. The van der Waals surface area contributed by atoms with Crippen LogP contribution in [0.1, 0.15) is 22.8 Å². The van der Waals surface area contributed by atoms with Gasteiger partial charge in [-0.3, -0.25) is 9.78 Å². The predicted octanol–water partition coefficient (Wildman–Crippen LogP) is 3.06. The van der Waals surface area contributed by atoms with Crippen molar-refractivity contribution < 1.29 is 9.53 Å². The number of aromatic nitrogens is 1. The van der Waals surface area contributed by atoms with Crippen LogP contribution in [0, 0.1) is 0 Å². The maximum atomic E-state index is 11.9. The second-order valence-corrected chi connectivity index (χ2v) is 4.52. The van der Waals surface area contributed by atoms with E-state index in [0.717, 1.165) is 5.56 Å². The van der Waals surface area contributed by atoms with E-state index in [9.17, 15) is 4.79 Å². The van der Waals surface area contributed by atoms with Crippen molar-refractivity contribution in [2.45, 2.75) is 13.5 Å². The molecule has 0 aliphatic rings. The zero-order valence-electron chi connectivity index (χ0n) is 11.1. The molecule has 104 valence electrons. The number of hydrogen-bond donors (Lipinski definition) is 1. The Labute approximate surface area is 122 Å². The van der Waals surface area contributed by atoms with Gasteiger partial charge in [0.05, 0.1) is 11.6 Å². The minimum absolute atomic E-state index is 0.141. The lowest BCUT2D eigenvalue weighted by Gasteiger charge is -2.09. The molecule has 0 saturated carbocycles. The van der Waals surface area contributed by atoms with Gasteiger partial charge in [-0.1, -0.05) is 17.7 Å². The molecule has 0 saturated heterocycles. The molecule has 2 aromatic rings. The first-order valence-corrected chi connectivity index (χ1v) is 6.68. The summed E-state index contributed by atoms with van der Waals surface area (Å²) in [4.78, 5) is 15.7. The molecule has 1 amide bonds. The van der Waals surface area contributed by atoms with E-state index in [0.29, 0.717) is 29.5 Å². The Morgan fingerprint density at radius 1 is 1.30 bits per heavy atom. The molecule has 4 nitrogen and oxygen atoms in total. The number of carbonyl (C=O) groups excluding carboxylic acids is 1. The highest BCUT2D eigenvalue weighted by Crippen LogP contribution is 2.25. The lowest BCUT2D eigenvalue weighted by molar-refractivity contribution is 0.0951.